The lowest BCUT2D eigenvalue weighted by molar-refractivity contribution is -0.119. The van der Waals surface area contributed by atoms with E-state index in [1.54, 1.807) is 6.07 Å². The molecule has 47 heavy (non-hydrogen) atoms. The summed E-state index contributed by atoms with van der Waals surface area (Å²) >= 11 is 1.01. The number of rotatable bonds is 10. The Morgan fingerprint density at radius 1 is 0.915 bits per heavy atom. The molecule has 4 aromatic carbocycles. The van der Waals surface area contributed by atoms with Crippen LogP contribution < -0.4 is 14.2 Å². The molecule has 1 N–H and O–H groups in total. The maximum absolute atomic E-state index is 15.5. The lowest BCUT2D eigenvalue weighted by Crippen LogP contribution is -2.41. The van der Waals surface area contributed by atoms with E-state index in [4.69, 9.17) is 9.47 Å². The molecule has 1 unspecified atom stereocenters. The molecule has 0 aromatic heterocycles. The Morgan fingerprint density at radius 3 is 2.26 bits per heavy atom. The number of nitrogens with one attached hydrogen (secondary N) is 1. The van der Waals surface area contributed by atoms with Crippen LogP contribution in [0.5, 0.6) is 11.5 Å². The van der Waals surface area contributed by atoms with E-state index in [2.05, 4.69) is 23.6 Å². The van der Waals surface area contributed by atoms with Gasteiger partial charge in [0.15, 0.2) is 0 Å². The van der Waals surface area contributed by atoms with Crippen molar-refractivity contribution in [1.82, 2.24) is 9.62 Å². The predicted molar refractivity (Wildman–Crippen MR) is 189 cm³/mol. The molecule has 1 saturated heterocycles. The number of aryl methyl sites for hydroxylation is 1. The number of fused-ring (bicyclic) bond motifs is 1. The fourth-order valence-electron chi connectivity index (χ4n) is 6.04. The molecule has 6 rings (SSSR count). The summed E-state index contributed by atoms with van der Waals surface area (Å²) in [6.07, 6.45) is 7.92. The minimum Gasteiger partial charge on any atom is -0.496 e. The molecule has 0 radical (unpaired) electrons. The monoisotopic (exact) mass is 660 g/mol. The van der Waals surface area contributed by atoms with E-state index in [9.17, 15) is 4.79 Å². The van der Waals surface area contributed by atoms with Crippen LogP contribution in [0.25, 0.3) is 21.9 Å². The molecule has 2 fully saturated rings. The smallest absolute Gasteiger partial charge is 0.295 e. The van der Waals surface area contributed by atoms with Gasteiger partial charge in [-0.05, 0) is 130 Å². The number of methoxy groups -OCH3 is 1. The van der Waals surface area contributed by atoms with Crippen LogP contribution >= 0.6 is 11.9 Å². The second-order valence-corrected chi connectivity index (χ2v) is 13.8. The van der Waals surface area contributed by atoms with Gasteiger partial charge < -0.3 is 19.2 Å². The largest absolute Gasteiger partial charge is 0.496 e. The van der Waals surface area contributed by atoms with Crippen molar-refractivity contribution in [1.29, 1.82) is 0 Å². The zero-order chi connectivity index (χ0) is 33.4. The van der Waals surface area contributed by atoms with Crippen molar-refractivity contribution in [3.8, 4) is 22.6 Å². The van der Waals surface area contributed by atoms with E-state index in [-0.39, 0.29) is 18.0 Å². The fourth-order valence-corrected chi connectivity index (χ4v) is 6.83. The highest BCUT2D eigenvalue weighted by molar-refractivity contribution is 7.97. The summed E-state index contributed by atoms with van der Waals surface area (Å²) in [6.45, 7) is 6.94. The van der Waals surface area contributed by atoms with Crippen LogP contribution in [0.4, 0.5) is 8.78 Å². The Hall–Kier alpha value is -3.46. The maximum atomic E-state index is 15.5. The van der Waals surface area contributed by atoms with Crippen molar-refractivity contribution in [2.75, 3.05) is 27.2 Å². The normalized spacial score (nSPS) is 16.8. The first kappa shape index (κ1) is 34.9. The Kier molecular flexibility index (Phi) is 11.9. The van der Waals surface area contributed by atoms with E-state index in [1.807, 2.05) is 67.6 Å². The number of benzene rings is 4. The van der Waals surface area contributed by atoms with Gasteiger partial charge in [0, 0.05) is 16.0 Å². The predicted octanol–water partition coefficient (Wildman–Crippen LogP) is 9.45. The third kappa shape index (κ3) is 9.12. The van der Waals surface area contributed by atoms with Crippen LogP contribution in [0.2, 0.25) is 0 Å². The fraction of sp³-hybridized carbons (Fsp3) is 0.410. The number of aldehydes is 1. The second-order valence-electron chi connectivity index (χ2n) is 12.9. The number of hydrogen-bond acceptors (Lipinski definition) is 6. The summed E-state index contributed by atoms with van der Waals surface area (Å²) in [7, 11) is 3.65. The van der Waals surface area contributed by atoms with Crippen molar-refractivity contribution >= 4 is 29.0 Å². The minimum atomic E-state index is -3.46. The number of piperidine rings is 1. The van der Waals surface area contributed by atoms with Crippen LogP contribution in [0.15, 0.2) is 83.8 Å². The number of alkyl halides is 2. The molecular formula is C39H46F2N2O3S. The standard InChI is InChI=1S/C32H31F2NO3S.C7H15N/c1-21-7-9-22(10-8-21)29-16-13-25(19-30(29)37-2)32(33,34)31(20-36)35-39-28-15-12-23-17-27(14-11-24(23)18-28)38-26-5-3-4-6-26;1-7-3-5-8(2)6-4-7/h7-20,26,31,35H,3-6H2,1-2H3;7H,3-6H2,1-2H3. The summed E-state index contributed by atoms with van der Waals surface area (Å²) < 4.78 is 45.2. The lowest BCUT2D eigenvalue weighted by Gasteiger charge is -2.26. The summed E-state index contributed by atoms with van der Waals surface area (Å²) in [5, 5.41) is 1.97. The number of halogens is 2. The van der Waals surface area contributed by atoms with E-state index in [1.165, 1.54) is 58.0 Å². The molecular weight excluding hydrogens is 615 g/mol. The van der Waals surface area contributed by atoms with Gasteiger partial charge in [0.2, 0.25) is 0 Å². The molecule has 0 amide bonds. The number of carbonyl (C=O) groups excluding carboxylic acids is 1. The zero-order valence-electron chi connectivity index (χ0n) is 27.8. The van der Waals surface area contributed by atoms with Gasteiger partial charge in [0.1, 0.15) is 23.8 Å². The Bertz CT molecular complexity index is 1610. The van der Waals surface area contributed by atoms with E-state index < -0.39 is 12.0 Å². The molecule has 4 aromatic rings. The quantitative estimate of drug-likeness (QED) is 0.135. The summed E-state index contributed by atoms with van der Waals surface area (Å²) in [6, 6.07) is 21.9. The van der Waals surface area contributed by atoms with Crippen LogP contribution in [0, 0.1) is 12.8 Å². The van der Waals surface area contributed by atoms with Crippen LogP contribution in [-0.4, -0.2) is 50.6 Å². The Morgan fingerprint density at radius 2 is 1.60 bits per heavy atom. The molecule has 250 valence electrons. The molecule has 1 aliphatic heterocycles. The van der Waals surface area contributed by atoms with E-state index in [0.717, 1.165) is 63.3 Å². The number of likely N-dealkylation sites (tertiary alicyclic amines) is 1. The highest BCUT2D eigenvalue weighted by Gasteiger charge is 2.42. The topological polar surface area (TPSA) is 50.8 Å². The van der Waals surface area contributed by atoms with Gasteiger partial charge in [-0.25, -0.2) is 4.72 Å². The average molecular weight is 661 g/mol. The van der Waals surface area contributed by atoms with Gasteiger partial charge >= 0.3 is 0 Å². The van der Waals surface area contributed by atoms with E-state index in [0.29, 0.717) is 11.3 Å². The van der Waals surface area contributed by atoms with Gasteiger partial charge in [-0.2, -0.15) is 8.78 Å². The van der Waals surface area contributed by atoms with Crippen molar-refractivity contribution in [2.45, 2.75) is 75.3 Å². The van der Waals surface area contributed by atoms with Crippen LogP contribution in [0.3, 0.4) is 0 Å². The van der Waals surface area contributed by atoms with E-state index >= 15 is 8.78 Å². The average Bonchev–Trinajstić information content (AvgIpc) is 3.60. The summed E-state index contributed by atoms with van der Waals surface area (Å²) in [4.78, 5) is 14.9. The Balaban J connectivity index is 0.000000474. The van der Waals surface area contributed by atoms with Crippen molar-refractivity contribution in [2.24, 2.45) is 5.92 Å². The van der Waals surface area contributed by atoms with Gasteiger partial charge in [-0.1, -0.05) is 61.0 Å². The number of hydrogen-bond donors (Lipinski definition) is 1. The second kappa shape index (κ2) is 16.1. The molecule has 1 heterocycles. The van der Waals surface area contributed by atoms with Gasteiger partial charge in [-0.15, -0.1) is 0 Å². The maximum Gasteiger partial charge on any atom is 0.295 e. The highest BCUT2D eigenvalue weighted by atomic mass is 32.2. The minimum absolute atomic E-state index is 0.251. The first-order chi connectivity index (χ1) is 22.7. The van der Waals surface area contributed by atoms with Gasteiger partial charge in [0.05, 0.1) is 13.2 Å². The van der Waals surface area contributed by atoms with Crippen LogP contribution in [0.1, 0.15) is 56.6 Å². The first-order valence-electron chi connectivity index (χ1n) is 16.6. The number of carbonyl (C=O) groups is 1. The molecule has 1 atom stereocenters. The van der Waals surface area contributed by atoms with Crippen LogP contribution in [-0.2, 0) is 10.7 Å². The molecule has 1 saturated carbocycles. The SMILES string of the molecule is CC1CCN(C)CC1.COc1cc(C(F)(F)C(C=O)NSc2ccc3cc(OC4CCCC4)ccc3c2)ccc1-c1ccc(C)cc1. The molecule has 5 nitrogen and oxygen atoms in total. The third-order valence-electron chi connectivity index (χ3n) is 9.17. The van der Waals surface area contributed by atoms with Crippen molar-refractivity contribution in [3.63, 3.8) is 0 Å². The molecule has 1 aliphatic carbocycles. The molecule has 0 spiro atoms. The lowest BCUT2D eigenvalue weighted by atomic mass is 9.97. The van der Waals surface area contributed by atoms with Crippen molar-refractivity contribution < 1.29 is 23.0 Å². The highest BCUT2D eigenvalue weighted by Crippen LogP contribution is 2.39. The zero-order valence-corrected chi connectivity index (χ0v) is 28.6. The number of nitrogens with zero attached hydrogens (tertiary/aromatic N) is 1. The van der Waals surface area contributed by atoms with Crippen molar-refractivity contribution in [3.05, 3.63) is 90.0 Å². The molecule has 0 bridgehead atoms. The first-order valence-corrected chi connectivity index (χ1v) is 17.4. The molecule has 2 aliphatic rings. The number of ether oxygens (including phenoxy) is 2. The third-order valence-corrected chi connectivity index (χ3v) is 10.0. The van der Waals surface area contributed by atoms with Gasteiger partial charge in [-0.3, -0.25) is 0 Å². The summed E-state index contributed by atoms with van der Waals surface area (Å²) in [5.41, 5.74) is 2.37. The Labute approximate surface area is 282 Å². The molecule has 8 heteroatoms. The summed E-state index contributed by atoms with van der Waals surface area (Å²) in [5.74, 6) is -1.32. The van der Waals surface area contributed by atoms with Gasteiger partial charge in [0.25, 0.3) is 5.92 Å².